The first-order chi connectivity index (χ1) is 6.64. The SMILES string of the molecule is CCCC(C)(O)OCc1ccccc1. The highest BCUT2D eigenvalue weighted by Crippen LogP contribution is 2.15. The molecular formula is C12H18O2. The average Bonchev–Trinajstić information content (AvgIpc) is 2.17. The summed E-state index contributed by atoms with van der Waals surface area (Å²) < 4.78 is 5.41. The molecule has 1 aromatic rings. The molecule has 0 radical (unpaired) electrons. The summed E-state index contributed by atoms with van der Waals surface area (Å²) in [6.45, 7) is 4.20. The van der Waals surface area contributed by atoms with Crippen molar-refractivity contribution in [3.63, 3.8) is 0 Å². The van der Waals surface area contributed by atoms with Crippen LogP contribution in [0, 0.1) is 0 Å². The molecule has 0 fully saturated rings. The van der Waals surface area contributed by atoms with Crippen molar-refractivity contribution in [3.8, 4) is 0 Å². The van der Waals surface area contributed by atoms with Gasteiger partial charge in [0.15, 0.2) is 5.79 Å². The summed E-state index contributed by atoms with van der Waals surface area (Å²) in [7, 11) is 0. The van der Waals surface area contributed by atoms with Crippen molar-refractivity contribution < 1.29 is 9.84 Å². The summed E-state index contributed by atoms with van der Waals surface area (Å²) in [5.74, 6) is -0.995. The fraction of sp³-hybridized carbons (Fsp3) is 0.500. The zero-order valence-electron chi connectivity index (χ0n) is 8.86. The molecule has 0 aliphatic carbocycles. The largest absolute Gasteiger partial charge is 0.366 e. The zero-order valence-corrected chi connectivity index (χ0v) is 8.86. The van der Waals surface area contributed by atoms with E-state index in [1.807, 2.05) is 37.3 Å². The van der Waals surface area contributed by atoms with E-state index in [4.69, 9.17) is 4.74 Å². The normalized spacial score (nSPS) is 15.1. The third kappa shape index (κ3) is 3.90. The average molecular weight is 194 g/mol. The molecule has 78 valence electrons. The van der Waals surface area contributed by atoms with Gasteiger partial charge >= 0.3 is 0 Å². The molecule has 0 heterocycles. The third-order valence-electron chi connectivity index (χ3n) is 2.11. The number of ether oxygens (including phenoxy) is 1. The van der Waals surface area contributed by atoms with Gasteiger partial charge in [-0.25, -0.2) is 0 Å². The van der Waals surface area contributed by atoms with Gasteiger partial charge in [-0.05, 0) is 12.5 Å². The van der Waals surface area contributed by atoms with Crippen molar-refractivity contribution in [2.75, 3.05) is 0 Å². The van der Waals surface area contributed by atoms with E-state index in [0.29, 0.717) is 13.0 Å². The molecule has 14 heavy (non-hydrogen) atoms. The van der Waals surface area contributed by atoms with Crippen LogP contribution in [0.1, 0.15) is 32.3 Å². The Morgan fingerprint density at radius 2 is 1.93 bits per heavy atom. The molecule has 0 saturated heterocycles. The molecule has 0 spiro atoms. The second-order valence-corrected chi connectivity index (χ2v) is 3.70. The quantitative estimate of drug-likeness (QED) is 0.730. The van der Waals surface area contributed by atoms with Crippen LogP contribution >= 0.6 is 0 Å². The second-order valence-electron chi connectivity index (χ2n) is 3.70. The van der Waals surface area contributed by atoms with Crippen molar-refractivity contribution >= 4 is 0 Å². The highest BCUT2D eigenvalue weighted by atomic mass is 16.6. The molecule has 0 bridgehead atoms. The van der Waals surface area contributed by atoms with Crippen molar-refractivity contribution in [1.82, 2.24) is 0 Å². The van der Waals surface area contributed by atoms with Crippen LogP contribution in [0.25, 0.3) is 0 Å². The Balaban J connectivity index is 2.40. The van der Waals surface area contributed by atoms with Gasteiger partial charge in [-0.1, -0.05) is 43.7 Å². The zero-order chi connectivity index (χ0) is 10.4. The lowest BCUT2D eigenvalue weighted by Crippen LogP contribution is -2.27. The number of rotatable bonds is 5. The Morgan fingerprint density at radius 3 is 2.50 bits per heavy atom. The smallest absolute Gasteiger partial charge is 0.163 e. The van der Waals surface area contributed by atoms with E-state index in [0.717, 1.165) is 12.0 Å². The van der Waals surface area contributed by atoms with Crippen LogP contribution in [-0.4, -0.2) is 10.9 Å². The van der Waals surface area contributed by atoms with Crippen LogP contribution < -0.4 is 0 Å². The fourth-order valence-corrected chi connectivity index (χ4v) is 1.35. The van der Waals surface area contributed by atoms with Gasteiger partial charge in [-0.3, -0.25) is 0 Å². The maximum atomic E-state index is 9.75. The van der Waals surface area contributed by atoms with Crippen LogP contribution in [0.2, 0.25) is 0 Å². The van der Waals surface area contributed by atoms with Crippen molar-refractivity contribution in [2.45, 2.75) is 39.1 Å². The molecule has 0 aliphatic heterocycles. The predicted molar refractivity (Wildman–Crippen MR) is 56.8 cm³/mol. The van der Waals surface area contributed by atoms with Crippen LogP contribution in [-0.2, 0) is 11.3 Å². The molecule has 0 saturated carbocycles. The van der Waals surface area contributed by atoms with Gasteiger partial charge in [-0.2, -0.15) is 0 Å². The van der Waals surface area contributed by atoms with Gasteiger partial charge < -0.3 is 9.84 Å². The lowest BCUT2D eigenvalue weighted by atomic mass is 10.2. The molecule has 2 nitrogen and oxygen atoms in total. The lowest BCUT2D eigenvalue weighted by molar-refractivity contribution is -0.201. The first-order valence-electron chi connectivity index (χ1n) is 5.04. The van der Waals surface area contributed by atoms with Crippen molar-refractivity contribution in [2.24, 2.45) is 0 Å². The Bertz CT molecular complexity index is 254. The molecule has 0 amide bonds. The third-order valence-corrected chi connectivity index (χ3v) is 2.11. The summed E-state index contributed by atoms with van der Waals surface area (Å²) in [4.78, 5) is 0. The topological polar surface area (TPSA) is 29.5 Å². The van der Waals surface area contributed by atoms with E-state index in [-0.39, 0.29) is 0 Å². The van der Waals surface area contributed by atoms with Crippen molar-refractivity contribution in [1.29, 1.82) is 0 Å². The number of aliphatic hydroxyl groups is 1. The number of benzene rings is 1. The molecule has 1 aromatic carbocycles. The summed E-state index contributed by atoms with van der Waals surface area (Å²) in [6, 6.07) is 9.87. The molecule has 2 heteroatoms. The predicted octanol–water partition coefficient (Wildman–Crippen LogP) is 2.71. The minimum atomic E-state index is -0.995. The Kier molecular flexibility index (Phi) is 4.11. The van der Waals surface area contributed by atoms with Crippen LogP contribution in [0.15, 0.2) is 30.3 Å². The van der Waals surface area contributed by atoms with E-state index in [1.54, 1.807) is 6.92 Å². The summed E-state index contributed by atoms with van der Waals surface area (Å²) in [5.41, 5.74) is 1.09. The molecule has 0 aliphatic rings. The van der Waals surface area contributed by atoms with E-state index in [9.17, 15) is 5.11 Å². The minimum Gasteiger partial charge on any atom is -0.366 e. The number of hydrogen-bond donors (Lipinski definition) is 1. The van der Waals surface area contributed by atoms with E-state index < -0.39 is 5.79 Å². The maximum absolute atomic E-state index is 9.75. The fourth-order valence-electron chi connectivity index (χ4n) is 1.35. The Hall–Kier alpha value is -0.860. The Labute approximate surface area is 85.5 Å². The lowest BCUT2D eigenvalue weighted by Gasteiger charge is -2.23. The van der Waals surface area contributed by atoms with Gasteiger partial charge in [0.1, 0.15) is 0 Å². The molecule has 1 N–H and O–H groups in total. The summed E-state index contributed by atoms with van der Waals surface area (Å²) in [5, 5.41) is 9.75. The first kappa shape index (κ1) is 11.2. The van der Waals surface area contributed by atoms with Gasteiger partial charge in [0.25, 0.3) is 0 Å². The van der Waals surface area contributed by atoms with Crippen LogP contribution in [0.5, 0.6) is 0 Å². The number of hydrogen-bond acceptors (Lipinski definition) is 2. The highest BCUT2D eigenvalue weighted by Gasteiger charge is 2.18. The Morgan fingerprint density at radius 1 is 1.29 bits per heavy atom. The standard InChI is InChI=1S/C12H18O2/c1-3-9-12(2,13)14-10-11-7-5-4-6-8-11/h4-8,13H,3,9-10H2,1-2H3. The van der Waals surface area contributed by atoms with Gasteiger partial charge in [0.05, 0.1) is 6.61 Å². The maximum Gasteiger partial charge on any atom is 0.163 e. The molecule has 1 rings (SSSR count). The monoisotopic (exact) mass is 194 g/mol. The van der Waals surface area contributed by atoms with E-state index in [2.05, 4.69) is 0 Å². The molecule has 1 atom stereocenters. The van der Waals surface area contributed by atoms with Crippen LogP contribution in [0.4, 0.5) is 0 Å². The summed E-state index contributed by atoms with van der Waals surface area (Å²) >= 11 is 0. The van der Waals surface area contributed by atoms with Gasteiger partial charge in [0, 0.05) is 6.42 Å². The minimum absolute atomic E-state index is 0.466. The molecule has 1 unspecified atom stereocenters. The highest BCUT2D eigenvalue weighted by molar-refractivity contribution is 5.13. The van der Waals surface area contributed by atoms with Crippen LogP contribution in [0.3, 0.4) is 0 Å². The second kappa shape index (κ2) is 5.13. The summed E-state index contributed by atoms with van der Waals surface area (Å²) in [6.07, 6.45) is 1.58. The first-order valence-corrected chi connectivity index (χ1v) is 5.04. The van der Waals surface area contributed by atoms with E-state index >= 15 is 0 Å². The van der Waals surface area contributed by atoms with Gasteiger partial charge in [0.2, 0.25) is 0 Å². The van der Waals surface area contributed by atoms with Gasteiger partial charge in [-0.15, -0.1) is 0 Å². The van der Waals surface area contributed by atoms with E-state index in [1.165, 1.54) is 0 Å². The van der Waals surface area contributed by atoms with Crippen molar-refractivity contribution in [3.05, 3.63) is 35.9 Å². The molecule has 0 aromatic heterocycles. The molecular weight excluding hydrogens is 176 g/mol.